The fourth-order valence-corrected chi connectivity index (χ4v) is 1.48. The molecule has 0 saturated carbocycles. The number of aldehydes is 1. The molecule has 5 nitrogen and oxygen atoms in total. The Morgan fingerprint density at radius 2 is 1.50 bits per heavy atom. The largest absolute Gasteiger partial charge is 0.356 e. The topological polar surface area (TPSA) is 75.3 Å². The van der Waals surface area contributed by atoms with Gasteiger partial charge >= 0.3 is 0 Å². The number of hydrogen-bond acceptors (Lipinski definition) is 3. The predicted octanol–water partition coefficient (Wildman–Crippen LogP) is 1.17. The average Bonchev–Trinajstić information content (AvgIpc) is 2.35. The van der Waals surface area contributed by atoms with Gasteiger partial charge in [0.2, 0.25) is 11.8 Å². The molecule has 0 radical (unpaired) electrons. The zero-order valence-electron chi connectivity index (χ0n) is 11.2. The van der Waals surface area contributed by atoms with E-state index in [0.717, 1.165) is 32.0 Å². The first kappa shape index (κ1) is 16.6. The Hall–Kier alpha value is -1.39. The molecule has 0 spiro atoms. The predicted molar refractivity (Wildman–Crippen MR) is 70.1 cm³/mol. The highest BCUT2D eigenvalue weighted by Gasteiger charge is 2.00. The summed E-state index contributed by atoms with van der Waals surface area (Å²) in [4.78, 5) is 32.3. The molecule has 18 heavy (non-hydrogen) atoms. The molecule has 0 heterocycles. The van der Waals surface area contributed by atoms with Gasteiger partial charge in [-0.1, -0.05) is 6.92 Å². The van der Waals surface area contributed by atoms with E-state index >= 15 is 0 Å². The van der Waals surface area contributed by atoms with Gasteiger partial charge in [0, 0.05) is 32.4 Å². The summed E-state index contributed by atoms with van der Waals surface area (Å²) in [5, 5.41) is 5.60. The Bertz CT molecular complexity index is 255. The summed E-state index contributed by atoms with van der Waals surface area (Å²) in [7, 11) is 0. The van der Waals surface area contributed by atoms with Crippen molar-refractivity contribution in [2.75, 3.05) is 13.1 Å². The fraction of sp³-hybridized carbons (Fsp3) is 0.769. The Balaban J connectivity index is 3.23. The summed E-state index contributed by atoms with van der Waals surface area (Å²) < 4.78 is 0. The van der Waals surface area contributed by atoms with Crippen molar-refractivity contribution in [3.05, 3.63) is 0 Å². The maximum Gasteiger partial charge on any atom is 0.220 e. The molecule has 104 valence electrons. The number of nitrogens with one attached hydrogen (secondary N) is 2. The van der Waals surface area contributed by atoms with Crippen molar-refractivity contribution in [2.45, 2.75) is 51.9 Å². The molecule has 5 heteroatoms. The van der Waals surface area contributed by atoms with Crippen LogP contribution in [0.4, 0.5) is 0 Å². The van der Waals surface area contributed by atoms with Gasteiger partial charge < -0.3 is 15.4 Å². The van der Waals surface area contributed by atoms with Crippen molar-refractivity contribution in [1.82, 2.24) is 10.6 Å². The third-order valence-corrected chi connectivity index (χ3v) is 2.46. The van der Waals surface area contributed by atoms with E-state index in [2.05, 4.69) is 10.6 Å². The lowest BCUT2D eigenvalue weighted by Crippen LogP contribution is -2.25. The molecule has 2 N–H and O–H groups in total. The minimum atomic E-state index is -0.0710. The number of hydrogen-bond donors (Lipinski definition) is 2. The molecule has 0 aromatic carbocycles. The summed E-state index contributed by atoms with van der Waals surface area (Å²) in [5.74, 6) is 0.0398. The SMILES string of the molecule is CCCC(=O)NCCCCCNC(=O)CCC=O. The van der Waals surface area contributed by atoms with Crippen LogP contribution in [0.2, 0.25) is 0 Å². The summed E-state index contributed by atoms with van der Waals surface area (Å²) in [6.07, 6.45) is 5.58. The van der Waals surface area contributed by atoms with E-state index in [1.54, 1.807) is 0 Å². The summed E-state index contributed by atoms with van der Waals surface area (Å²) in [5.41, 5.74) is 0. The second-order valence-corrected chi connectivity index (χ2v) is 4.22. The first-order chi connectivity index (χ1) is 8.70. The Morgan fingerprint density at radius 3 is 2.00 bits per heavy atom. The zero-order chi connectivity index (χ0) is 13.6. The van der Waals surface area contributed by atoms with E-state index in [1.807, 2.05) is 6.92 Å². The van der Waals surface area contributed by atoms with Gasteiger partial charge in [-0.25, -0.2) is 0 Å². The molecular formula is C13H24N2O3. The van der Waals surface area contributed by atoms with E-state index in [0.29, 0.717) is 19.5 Å². The molecule has 0 unspecified atom stereocenters. The molecule has 2 amide bonds. The standard InChI is InChI=1S/C13H24N2O3/c1-2-7-12(17)14-9-4-3-5-10-15-13(18)8-6-11-16/h11H,2-10H2,1H3,(H,14,17)(H,15,18). The Kier molecular flexibility index (Phi) is 11.1. The van der Waals surface area contributed by atoms with Crippen LogP contribution in [0.1, 0.15) is 51.9 Å². The van der Waals surface area contributed by atoms with Gasteiger partial charge in [-0.05, 0) is 25.7 Å². The van der Waals surface area contributed by atoms with Crippen molar-refractivity contribution in [1.29, 1.82) is 0 Å². The highest BCUT2D eigenvalue weighted by atomic mass is 16.2. The van der Waals surface area contributed by atoms with Crippen LogP contribution in [0.25, 0.3) is 0 Å². The fourth-order valence-electron chi connectivity index (χ4n) is 1.48. The van der Waals surface area contributed by atoms with Gasteiger partial charge in [0.15, 0.2) is 0 Å². The first-order valence-electron chi connectivity index (χ1n) is 6.67. The third kappa shape index (κ3) is 11.1. The molecule has 0 atom stereocenters. The van der Waals surface area contributed by atoms with E-state index in [4.69, 9.17) is 0 Å². The number of carbonyl (C=O) groups is 3. The highest BCUT2D eigenvalue weighted by Crippen LogP contribution is 1.94. The molecule has 0 saturated heterocycles. The molecule has 0 rings (SSSR count). The van der Waals surface area contributed by atoms with Crippen molar-refractivity contribution in [3.8, 4) is 0 Å². The molecule has 0 aliphatic rings. The van der Waals surface area contributed by atoms with E-state index < -0.39 is 0 Å². The molecule has 0 aromatic heterocycles. The van der Waals surface area contributed by atoms with Crippen LogP contribution in [0.15, 0.2) is 0 Å². The summed E-state index contributed by atoms with van der Waals surface area (Å²) >= 11 is 0. The molecule has 0 aromatic rings. The highest BCUT2D eigenvalue weighted by molar-refractivity contribution is 5.78. The van der Waals surface area contributed by atoms with Gasteiger partial charge in [-0.15, -0.1) is 0 Å². The minimum absolute atomic E-state index is 0.0710. The van der Waals surface area contributed by atoms with Crippen LogP contribution >= 0.6 is 0 Å². The van der Waals surface area contributed by atoms with Crippen LogP contribution in [0.3, 0.4) is 0 Å². The van der Waals surface area contributed by atoms with Gasteiger partial charge in [0.1, 0.15) is 6.29 Å². The number of carbonyl (C=O) groups excluding carboxylic acids is 3. The summed E-state index contributed by atoms with van der Waals surface area (Å²) in [6.45, 7) is 3.32. The Morgan fingerprint density at radius 1 is 0.944 bits per heavy atom. The second-order valence-electron chi connectivity index (χ2n) is 4.22. The summed E-state index contributed by atoms with van der Waals surface area (Å²) in [6, 6.07) is 0. The maximum absolute atomic E-state index is 11.1. The Labute approximate surface area is 109 Å². The molecular weight excluding hydrogens is 232 g/mol. The second kappa shape index (κ2) is 12.1. The maximum atomic E-state index is 11.1. The lowest BCUT2D eigenvalue weighted by molar-refractivity contribution is -0.122. The average molecular weight is 256 g/mol. The van der Waals surface area contributed by atoms with Gasteiger partial charge in [-0.2, -0.15) is 0 Å². The molecule has 0 aliphatic carbocycles. The van der Waals surface area contributed by atoms with Gasteiger partial charge in [0.05, 0.1) is 0 Å². The van der Waals surface area contributed by atoms with Crippen LogP contribution < -0.4 is 10.6 Å². The van der Waals surface area contributed by atoms with E-state index in [-0.39, 0.29) is 24.7 Å². The molecule has 0 bridgehead atoms. The van der Waals surface area contributed by atoms with Crippen molar-refractivity contribution in [2.24, 2.45) is 0 Å². The van der Waals surface area contributed by atoms with E-state index in [9.17, 15) is 14.4 Å². The lowest BCUT2D eigenvalue weighted by atomic mass is 10.2. The smallest absolute Gasteiger partial charge is 0.220 e. The van der Waals surface area contributed by atoms with Crippen LogP contribution in [-0.2, 0) is 14.4 Å². The third-order valence-electron chi connectivity index (χ3n) is 2.46. The van der Waals surface area contributed by atoms with Crippen LogP contribution in [0, 0.1) is 0 Å². The van der Waals surface area contributed by atoms with Crippen molar-refractivity contribution < 1.29 is 14.4 Å². The van der Waals surface area contributed by atoms with Gasteiger partial charge in [-0.3, -0.25) is 9.59 Å². The number of unbranched alkanes of at least 4 members (excludes halogenated alkanes) is 2. The normalized spacial score (nSPS) is 9.83. The quantitative estimate of drug-likeness (QED) is 0.430. The molecule has 0 aliphatic heterocycles. The first-order valence-corrected chi connectivity index (χ1v) is 6.67. The molecule has 0 fully saturated rings. The minimum Gasteiger partial charge on any atom is -0.356 e. The zero-order valence-corrected chi connectivity index (χ0v) is 11.2. The van der Waals surface area contributed by atoms with Gasteiger partial charge in [0.25, 0.3) is 0 Å². The number of rotatable bonds is 11. The van der Waals surface area contributed by atoms with Crippen molar-refractivity contribution >= 4 is 18.1 Å². The van der Waals surface area contributed by atoms with E-state index in [1.165, 1.54) is 0 Å². The monoisotopic (exact) mass is 256 g/mol. The lowest BCUT2D eigenvalue weighted by Gasteiger charge is -2.05. The van der Waals surface area contributed by atoms with Crippen molar-refractivity contribution in [3.63, 3.8) is 0 Å². The van der Waals surface area contributed by atoms with Crippen LogP contribution in [0.5, 0.6) is 0 Å². The van der Waals surface area contributed by atoms with Crippen LogP contribution in [-0.4, -0.2) is 31.2 Å². The number of amides is 2.